The maximum absolute atomic E-state index is 6.27. The third-order valence-electron chi connectivity index (χ3n) is 3.56. The van der Waals surface area contributed by atoms with Crippen LogP contribution in [0.5, 0.6) is 5.88 Å². The van der Waals surface area contributed by atoms with E-state index in [0.717, 1.165) is 23.5 Å². The molecule has 0 aliphatic carbocycles. The van der Waals surface area contributed by atoms with Crippen molar-refractivity contribution in [3.8, 4) is 5.88 Å². The predicted molar refractivity (Wildman–Crippen MR) is 97.1 cm³/mol. The Balaban J connectivity index is 1.73. The second-order valence-electron chi connectivity index (χ2n) is 6.15. The molecule has 0 bridgehead atoms. The molecule has 0 aliphatic heterocycles. The van der Waals surface area contributed by atoms with Gasteiger partial charge in [-0.3, -0.25) is 0 Å². The van der Waals surface area contributed by atoms with E-state index in [9.17, 15) is 0 Å². The summed E-state index contributed by atoms with van der Waals surface area (Å²) in [7, 11) is 0. The SMILES string of the molecule is CCc1cc(NCc2cnc(OCC(C)C)c(Cl)c2)n2ncnc2n1. The first-order valence-electron chi connectivity index (χ1n) is 8.27. The van der Waals surface area contributed by atoms with Gasteiger partial charge in [0.2, 0.25) is 5.88 Å². The van der Waals surface area contributed by atoms with Crippen LogP contribution in [-0.4, -0.2) is 31.2 Å². The molecule has 1 N–H and O–H groups in total. The summed E-state index contributed by atoms with van der Waals surface area (Å²) in [6.07, 6.45) is 4.08. The second kappa shape index (κ2) is 7.65. The van der Waals surface area contributed by atoms with Crippen LogP contribution in [-0.2, 0) is 13.0 Å². The second-order valence-corrected chi connectivity index (χ2v) is 6.55. The molecule has 132 valence electrons. The number of aromatic nitrogens is 5. The molecule has 0 unspecified atom stereocenters. The number of anilines is 1. The van der Waals surface area contributed by atoms with Gasteiger partial charge >= 0.3 is 0 Å². The van der Waals surface area contributed by atoms with Gasteiger partial charge in [0, 0.05) is 24.5 Å². The number of nitrogens with zero attached hydrogens (tertiary/aromatic N) is 5. The van der Waals surface area contributed by atoms with Gasteiger partial charge in [-0.25, -0.2) is 9.97 Å². The fourth-order valence-corrected chi connectivity index (χ4v) is 2.52. The first kappa shape index (κ1) is 17.4. The number of fused-ring (bicyclic) bond motifs is 1. The highest BCUT2D eigenvalue weighted by Gasteiger charge is 2.09. The van der Waals surface area contributed by atoms with Gasteiger partial charge < -0.3 is 10.1 Å². The van der Waals surface area contributed by atoms with Crippen molar-refractivity contribution in [2.45, 2.75) is 33.7 Å². The molecule has 7 nitrogen and oxygen atoms in total. The van der Waals surface area contributed by atoms with Gasteiger partial charge in [-0.1, -0.05) is 32.4 Å². The van der Waals surface area contributed by atoms with Crippen molar-refractivity contribution in [2.75, 3.05) is 11.9 Å². The van der Waals surface area contributed by atoms with E-state index in [0.29, 0.717) is 35.7 Å². The molecule has 3 rings (SSSR count). The first-order valence-corrected chi connectivity index (χ1v) is 8.65. The van der Waals surface area contributed by atoms with E-state index in [4.69, 9.17) is 16.3 Å². The number of halogens is 1. The molecular weight excluding hydrogens is 340 g/mol. The largest absolute Gasteiger partial charge is 0.476 e. The Morgan fingerprint density at radius 3 is 2.84 bits per heavy atom. The summed E-state index contributed by atoms with van der Waals surface area (Å²) in [5.74, 6) is 2.30. The molecule has 25 heavy (non-hydrogen) atoms. The Kier molecular flexibility index (Phi) is 5.33. The lowest BCUT2D eigenvalue weighted by Crippen LogP contribution is -2.09. The Morgan fingerprint density at radius 1 is 1.28 bits per heavy atom. The lowest BCUT2D eigenvalue weighted by atomic mass is 10.2. The zero-order valence-corrected chi connectivity index (χ0v) is 15.3. The van der Waals surface area contributed by atoms with Crippen LogP contribution in [0.4, 0.5) is 5.82 Å². The van der Waals surface area contributed by atoms with Gasteiger partial charge in [-0.05, 0) is 24.0 Å². The van der Waals surface area contributed by atoms with Gasteiger partial charge in [-0.15, -0.1) is 0 Å². The molecule has 0 aliphatic rings. The minimum Gasteiger partial charge on any atom is -0.476 e. The normalized spacial score (nSPS) is 11.2. The molecule has 0 saturated carbocycles. The average molecular weight is 361 g/mol. The van der Waals surface area contributed by atoms with E-state index in [1.54, 1.807) is 10.7 Å². The first-order chi connectivity index (χ1) is 12.1. The molecule has 3 aromatic rings. The van der Waals surface area contributed by atoms with Crippen molar-refractivity contribution in [2.24, 2.45) is 5.92 Å². The van der Waals surface area contributed by atoms with Crippen LogP contribution < -0.4 is 10.1 Å². The Morgan fingerprint density at radius 2 is 2.12 bits per heavy atom. The van der Waals surface area contributed by atoms with E-state index in [1.165, 1.54) is 6.33 Å². The van der Waals surface area contributed by atoms with Crippen LogP contribution in [0.3, 0.4) is 0 Å². The number of aryl methyl sites for hydroxylation is 1. The lowest BCUT2D eigenvalue weighted by molar-refractivity contribution is 0.261. The molecule has 8 heteroatoms. The summed E-state index contributed by atoms with van der Waals surface area (Å²) in [5, 5.41) is 8.05. The van der Waals surface area contributed by atoms with Crippen molar-refractivity contribution < 1.29 is 4.74 Å². The van der Waals surface area contributed by atoms with Crippen LogP contribution in [0, 0.1) is 5.92 Å². The molecule has 0 aromatic carbocycles. The Bertz CT molecular complexity index is 863. The van der Waals surface area contributed by atoms with Crippen LogP contribution in [0.15, 0.2) is 24.7 Å². The molecule has 0 radical (unpaired) electrons. The summed E-state index contributed by atoms with van der Waals surface area (Å²) in [4.78, 5) is 12.9. The highest BCUT2D eigenvalue weighted by atomic mass is 35.5. The van der Waals surface area contributed by atoms with Gasteiger partial charge in [0.1, 0.15) is 17.2 Å². The topological polar surface area (TPSA) is 77.2 Å². The average Bonchev–Trinajstić information content (AvgIpc) is 3.07. The summed E-state index contributed by atoms with van der Waals surface area (Å²) in [6.45, 7) is 7.36. The fourth-order valence-electron chi connectivity index (χ4n) is 2.27. The Labute approximate surface area is 151 Å². The van der Waals surface area contributed by atoms with E-state index >= 15 is 0 Å². The fraction of sp³-hybridized carbons (Fsp3) is 0.412. The van der Waals surface area contributed by atoms with E-state index < -0.39 is 0 Å². The number of nitrogens with one attached hydrogen (secondary N) is 1. The molecule has 0 atom stereocenters. The monoisotopic (exact) mass is 360 g/mol. The quantitative estimate of drug-likeness (QED) is 0.696. The summed E-state index contributed by atoms with van der Waals surface area (Å²) < 4.78 is 7.27. The van der Waals surface area contributed by atoms with Crippen LogP contribution in [0.1, 0.15) is 32.0 Å². The molecule has 0 spiro atoms. The molecule has 0 saturated heterocycles. The highest BCUT2D eigenvalue weighted by molar-refractivity contribution is 6.31. The van der Waals surface area contributed by atoms with Gasteiger partial charge in [0.15, 0.2) is 0 Å². The smallest absolute Gasteiger partial charge is 0.254 e. The maximum atomic E-state index is 6.27. The number of hydrogen-bond acceptors (Lipinski definition) is 6. The van der Waals surface area contributed by atoms with Gasteiger partial charge in [0.05, 0.1) is 6.61 Å². The number of ether oxygens (including phenoxy) is 1. The van der Waals surface area contributed by atoms with Crippen molar-refractivity contribution in [3.05, 3.63) is 40.9 Å². The molecule has 3 aromatic heterocycles. The maximum Gasteiger partial charge on any atom is 0.254 e. The van der Waals surface area contributed by atoms with Gasteiger partial charge in [-0.2, -0.15) is 14.6 Å². The van der Waals surface area contributed by atoms with Crippen molar-refractivity contribution >= 4 is 23.2 Å². The third kappa shape index (κ3) is 4.17. The number of pyridine rings is 1. The van der Waals surface area contributed by atoms with E-state index in [1.807, 2.05) is 12.1 Å². The van der Waals surface area contributed by atoms with Crippen LogP contribution >= 0.6 is 11.6 Å². The lowest BCUT2D eigenvalue weighted by Gasteiger charge is -2.12. The van der Waals surface area contributed by atoms with Crippen molar-refractivity contribution in [1.29, 1.82) is 0 Å². The summed E-state index contributed by atoms with van der Waals surface area (Å²) >= 11 is 6.27. The Hall–Kier alpha value is -2.41. The molecule has 0 amide bonds. The zero-order chi connectivity index (χ0) is 17.8. The molecular formula is C17H21ClN6O. The minimum atomic E-state index is 0.420. The summed E-state index contributed by atoms with van der Waals surface area (Å²) in [5.41, 5.74) is 1.90. The van der Waals surface area contributed by atoms with E-state index in [2.05, 4.69) is 46.1 Å². The number of hydrogen-bond donors (Lipinski definition) is 1. The third-order valence-corrected chi connectivity index (χ3v) is 3.83. The highest BCUT2D eigenvalue weighted by Crippen LogP contribution is 2.23. The van der Waals surface area contributed by atoms with Gasteiger partial charge in [0.25, 0.3) is 5.78 Å². The number of rotatable bonds is 7. The zero-order valence-electron chi connectivity index (χ0n) is 14.5. The van der Waals surface area contributed by atoms with Crippen molar-refractivity contribution in [1.82, 2.24) is 24.6 Å². The van der Waals surface area contributed by atoms with E-state index in [-0.39, 0.29) is 0 Å². The summed E-state index contributed by atoms with van der Waals surface area (Å²) in [6, 6.07) is 3.83. The van der Waals surface area contributed by atoms with Crippen LogP contribution in [0.2, 0.25) is 5.02 Å². The molecule has 3 heterocycles. The standard InChI is InChI=1S/C17H21ClN6O/c1-4-13-6-15(24-17(23-13)21-10-22-24)19-7-12-5-14(18)16(20-8-12)25-9-11(2)3/h5-6,8,10-11,19H,4,7,9H2,1-3H3. The predicted octanol–water partition coefficient (Wildman–Crippen LogP) is 3.38. The molecule has 0 fully saturated rings. The van der Waals surface area contributed by atoms with Crippen LogP contribution in [0.25, 0.3) is 5.78 Å². The van der Waals surface area contributed by atoms with Crippen molar-refractivity contribution in [3.63, 3.8) is 0 Å². The minimum absolute atomic E-state index is 0.420.